The zero-order valence-corrected chi connectivity index (χ0v) is 10.6. The van der Waals surface area contributed by atoms with E-state index in [-0.39, 0.29) is 0 Å². The molecule has 0 aromatic carbocycles. The molecule has 0 aromatic rings. The van der Waals surface area contributed by atoms with E-state index in [0.29, 0.717) is 0 Å². The Kier molecular flexibility index (Phi) is 8.20. The normalized spacial score (nSPS) is 13.9. The van der Waals surface area contributed by atoms with Gasteiger partial charge in [-0.15, -0.1) is 0 Å². The Balaban J connectivity index is 3.39. The first-order valence-corrected chi connectivity index (χ1v) is 5.95. The third-order valence-electron chi connectivity index (χ3n) is 2.27. The molecule has 0 spiro atoms. The summed E-state index contributed by atoms with van der Waals surface area (Å²) in [4.78, 5) is 2.42. The lowest BCUT2D eigenvalue weighted by atomic mass is 10.1. The van der Waals surface area contributed by atoms with Crippen LogP contribution >= 0.6 is 0 Å². The van der Waals surface area contributed by atoms with Crippen molar-refractivity contribution < 1.29 is 0 Å². The van der Waals surface area contributed by atoms with E-state index < -0.39 is 0 Å². The van der Waals surface area contributed by atoms with E-state index in [1.807, 2.05) is 0 Å². The second kappa shape index (κ2) is 8.25. The van der Waals surface area contributed by atoms with Gasteiger partial charge in [-0.1, -0.05) is 27.7 Å². The third kappa shape index (κ3) is 8.52. The molecule has 14 heavy (non-hydrogen) atoms. The molecule has 0 aliphatic heterocycles. The van der Waals surface area contributed by atoms with Gasteiger partial charge in [0.05, 0.1) is 0 Å². The number of nitrogens with zero attached hydrogens (tertiary/aromatic N) is 1. The van der Waals surface area contributed by atoms with Crippen LogP contribution in [0.2, 0.25) is 0 Å². The highest BCUT2D eigenvalue weighted by molar-refractivity contribution is 4.62. The van der Waals surface area contributed by atoms with Crippen molar-refractivity contribution in [3.05, 3.63) is 0 Å². The van der Waals surface area contributed by atoms with Crippen LogP contribution in [0.3, 0.4) is 0 Å². The first-order valence-electron chi connectivity index (χ1n) is 5.95. The molecule has 0 fully saturated rings. The summed E-state index contributed by atoms with van der Waals surface area (Å²) in [7, 11) is 2.21. The molecule has 0 aliphatic rings. The molecule has 0 bridgehead atoms. The van der Waals surface area contributed by atoms with Crippen molar-refractivity contribution in [1.82, 2.24) is 10.2 Å². The molecule has 0 radical (unpaired) electrons. The van der Waals surface area contributed by atoms with E-state index in [0.717, 1.165) is 24.9 Å². The van der Waals surface area contributed by atoms with Gasteiger partial charge in [0, 0.05) is 6.54 Å². The summed E-state index contributed by atoms with van der Waals surface area (Å²) in [5, 5.41) is 3.51. The Labute approximate surface area is 90.1 Å². The summed E-state index contributed by atoms with van der Waals surface area (Å²) < 4.78 is 0. The number of rotatable bonds is 8. The SMILES string of the molecule is CCCN(C)CC(C)CNCC(C)C. The molecule has 86 valence electrons. The van der Waals surface area contributed by atoms with Crippen LogP contribution in [0.1, 0.15) is 34.1 Å². The molecule has 1 unspecified atom stereocenters. The molecule has 0 heterocycles. The molecule has 1 atom stereocenters. The largest absolute Gasteiger partial charge is 0.316 e. The molecule has 2 nitrogen and oxygen atoms in total. The zero-order chi connectivity index (χ0) is 11.0. The lowest BCUT2D eigenvalue weighted by Crippen LogP contribution is -2.32. The van der Waals surface area contributed by atoms with Gasteiger partial charge in [0.1, 0.15) is 0 Å². The zero-order valence-electron chi connectivity index (χ0n) is 10.6. The predicted molar refractivity (Wildman–Crippen MR) is 64.7 cm³/mol. The van der Waals surface area contributed by atoms with Crippen LogP contribution in [0.25, 0.3) is 0 Å². The van der Waals surface area contributed by atoms with Crippen LogP contribution in [-0.2, 0) is 0 Å². The van der Waals surface area contributed by atoms with Crippen LogP contribution in [0.15, 0.2) is 0 Å². The number of hydrogen-bond donors (Lipinski definition) is 1. The maximum absolute atomic E-state index is 3.51. The van der Waals surface area contributed by atoms with Gasteiger partial charge in [-0.25, -0.2) is 0 Å². The topological polar surface area (TPSA) is 15.3 Å². The summed E-state index contributed by atoms with van der Waals surface area (Å²) >= 11 is 0. The smallest absolute Gasteiger partial charge is 0.00161 e. The highest BCUT2D eigenvalue weighted by Gasteiger charge is 2.05. The standard InChI is InChI=1S/C12H28N2/c1-6-7-14(5)10-12(4)9-13-8-11(2)3/h11-13H,6-10H2,1-5H3. The minimum absolute atomic E-state index is 0.755. The van der Waals surface area contributed by atoms with Crippen LogP contribution in [0.4, 0.5) is 0 Å². The average Bonchev–Trinajstić information content (AvgIpc) is 2.03. The second-order valence-electron chi connectivity index (χ2n) is 4.92. The Bertz CT molecular complexity index is 123. The van der Waals surface area contributed by atoms with Crippen LogP contribution in [0.5, 0.6) is 0 Å². The fraction of sp³-hybridized carbons (Fsp3) is 1.00. The van der Waals surface area contributed by atoms with Crippen molar-refractivity contribution in [2.45, 2.75) is 34.1 Å². The first kappa shape index (κ1) is 13.9. The molecule has 0 amide bonds. The summed E-state index contributed by atoms with van der Waals surface area (Å²) in [6, 6.07) is 0. The Morgan fingerprint density at radius 1 is 1.14 bits per heavy atom. The van der Waals surface area contributed by atoms with Crippen molar-refractivity contribution in [2.75, 3.05) is 33.2 Å². The highest BCUT2D eigenvalue weighted by Crippen LogP contribution is 1.98. The predicted octanol–water partition coefficient (Wildman–Crippen LogP) is 2.21. The van der Waals surface area contributed by atoms with E-state index in [1.165, 1.54) is 19.5 Å². The molecule has 0 aromatic heterocycles. The van der Waals surface area contributed by atoms with Gasteiger partial charge in [0.25, 0.3) is 0 Å². The molecule has 0 rings (SSSR count). The Morgan fingerprint density at radius 3 is 2.29 bits per heavy atom. The summed E-state index contributed by atoms with van der Waals surface area (Å²) in [5.74, 6) is 1.51. The highest BCUT2D eigenvalue weighted by atomic mass is 15.1. The van der Waals surface area contributed by atoms with Gasteiger partial charge in [-0.3, -0.25) is 0 Å². The van der Waals surface area contributed by atoms with Crippen molar-refractivity contribution in [2.24, 2.45) is 11.8 Å². The van der Waals surface area contributed by atoms with Crippen molar-refractivity contribution in [3.8, 4) is 0 Å². The van der Waals surface area contributed by atoms with E-state index in [1.54, 1.807) is 0 Å². The van der Waals surface area contributed by atoms with Gasteiger partial charge in [-0.2, -0.15) is 0 Å². The number of hydrogen-bond acceptors (Lipinski definition) is 2. The van der Waals surface area contributed by atoms with Crippen molar-refractivity contribution in [1.29, 1.82) is 0 Å². The minimum atomic E-state index is 0.755. The second-order valence-corrected chi connectivity index (χ2v) is 4.92. The Morgan fingerprint density at radius 2 is 1.79 bits per heavy atom. The quantitative estimate of drug-likeness (QED) is 0.646. The summed E-state index contributed by atoms with van der Waals surface area (Å²) in [5.41, 5.74) is 0. The number of nitrogens with one attached hydrogen (secondary N) is 1. The summed E-state index contributed by atoms with van der Waals surface area (Å²) in [6.07, 6.45) is 1.25. The van der Waals surface area contributed by atoms with Crippen molar-refractivity contribution in [3.63, 3.8) is 0 Å². The molecular formula is C12H28N2. The molecular weight excluding hydrogens is 172 g/mol. The lowest BCUT2D eigenvalue weighted by molar-refractivity contribution is 0.280. The van der Waals surface area contributed by atoms with Crippen LogP contribution < -0.4 is 5.32 Å². The Hall–Kier alpha value is -0.0800. The van der Waals surface area contributed by atoms with Gasteiger partial charge in [0.15, 0.2) is 0 Å². The van der Waals surface area contributed by atoms with Gasteiger partial charge in [0.2, 0.25) is 0 Å². The fourth-order valence-corrected chi connectivity index (χ4v) is 1.69. The third-order valence-corrected chi connectivity index (χ3v) is 2.27. The van der Waals surface area contributed by atoms with E-state index in [4.69, 9.17) is 0 Å². The van der Waals surface area contributed by atoms with Gasteiger partial charge < -0.3 is 10.2 Å². The van der Waals surface area contributed by atoms with E-state index in [2.05, 4.69) is 45.0 Å². The first-order chi connectivity index (χ1) is 6.56. The van der Waals surface area contributed by atoms with E-state index in [9.17, 15) is 0 Å². The van der Waals surface area contributed by atoms with E-state index >= 15 is 0 Å². The molecule has 1 N–H and O–H groups in total. The monoisotopic (exact) mass is 200 g/mol. The lowest BCUT2D eigenvalue weighted by Gasteiger charge is -2.21. The fourth-order valence-electron chi connectivity index (χ4n) is 1.69. The molecule has 0 saturated carbocycles. The van der Waals surface area contributed by atoms with Crippen LogP contribution in [-0.4, -0.2) is 38.1 Å². The molecule has 0 saturated heterocycles. The molecule has 0 aliphatic carbocycles. The van der Waals surface area contributed by atoms with Gasteiger partial charge in [-0.05, 0) is 44.9 Å². The van der Waals surface area contributed by atoms with Gasteiger partial charge >= 0.3 is 0 Å². The average molecular weight is 200 g/mol. The minimum Gasteiger partial charge on any atom is -0.316 e. The maximum atomic E-state index is 3.51. The van der Waals surface area contributed by atoms with Crippen molar-refractivity contribution >= 4 is 0 Å². The molecule has 2 heteroatoms. The maximum Gasteiger partial charge on any atom is 0.00161 e. The summed E-state index contributed by atoms with van der Waals surface area (Å²) in [6.45, 7) is 13.8. The van der Waals surface area contributed by atoms with Crippen LogP contribution in [0, 0.1) is 11.8 Å².